The van der Waals surface area contributed by atoms with Crippen molar-refractivity contribution >= 4 is 17.5 Å². The van der Waals surface area contributed by atoms with Crippen molar-refractivity contribution in [1.82, 2.24) is 5.32 Å². The lowest BCUT2D eigenvalue weighted by Gasteiger charge is -2.09. The number of benzene rings is 3. The molecule has 25 heavy (non-hydrogen) atoms. The first kappa shape index (κ1) is 17.1. The lowest BCUT2D eigenvalue weighted by Crippen LogP contribution is -2.22. The fraction of sp³-hybridized carbons (Fsp3) is 0.0952. The molecular formula is C21H18ClNO2. The van der Waals surface area contributed by atoms with Gasteiger partial charge in [0.15, 0.2) is 0 Å². The van der Waals surface area contributed by atoms with Crippen LogP contribution in [0, 0.1) is 6.92 Å². The molecule has 3 nitrogen and oxygen atoms in total. The molecule has 0 spiro atoms. The van der Waals surface area contributed by atoms with E-state index in [2.05, 4.69) is 5.32 Å². The van der Waals surface area contributed by atoms with Gasteiger partial charge in [0.2, 0.25) is 0 Å². The number of hydrogen-bond acceptors (Lipinski definition) is 2. The first-order chi connectivity index (χ1) is 12.1. The molecular weight excluding hydrogens is 334 g/mol. The van der Waals surface area contributed by atoms with E-state index >= 15 is 0 Å². The summed E-state index contributed by atoms with van der Waals surface area (Å²) in [5, 5.41) is 3.51. The van der Waals surface area contributed by atoms with Gasteiger partial charge < -0.3 is 10.1 Å². The van der Waals surface area contributed by atoms with E-state index in [0.29, 0.717) is 22.9 Å². The topological polar surface area (TPSA) is 38.3 Å². The fourth-order valence-corrected chi connectivity index (χ4v) is 2.54. The van der Waals surface area contributed by atoms with Crippen molar-refractivity contribution in [2.75, 3.05) is 0 Å². The molecule has 0 aliphatic heterocycles. The highest BCUT2D eigenvalue weighted by atomic mass is 35.5. The second-order valence-electron chi connectivity index (χ2n) is 5.71. The third-order valence-electron chi connectivity index (χ3n) is 3.77. The zero-order chi connectivity index (χ0) is 17.6. The molecule has 0 radical (unpaired) electrons. The minimum atomic E-state index is -0.151. The van der Waals surface area contributed by atoms with E-state index in [4.69, 9.17) is 16.3 Å². The second kappa shape index (κ2) is 7.86. The molecule has 1 N–H and O–H groups in total. The molecule has 0 atom stereocenters. The Morgan fingerprint density at radius 3 is 2.16 bits per heavy atom. The molecule has 0 saturated heterocycles. The molecule has 4 heteroatoms. The first-order valence-corrected chi connectivity index (χ1v) is 8.36. The Bertz CT molecular complexity index is 858. The van der Waals surface area contributed by atoms with E-state index < -0.39 is 0 Å². The van der Waals surface area contributed by atoms with E-state index in [-0.39, 0.29) is 5.91 Å². The maximum absolute atomic E-state index is 12.2. The Labute approximate surface area is 152 Å². The number of halogens is 1. The van der Waals surface area contributed by atoms with Crippen molar-refractivity contribution in [1.29, 1.82) is 0 Å². The summed E-state index contributed by atoms with van der Waals surface area (Å²) < 4.78 is 5.76. The molecule has 3 aromatic carbocycles. The number of rotatable bonds is 5. The highest BCUT2D eigenvalue weighted by Crippen LogP contribution is 2.22. The van der Waals surface area contributed by atoms with Gasteiger partial charge >= 0.3 is 0 Å². The highest BCUT2D eigenvalue weighted by molar-refractivity contribution is 6.31. The molecule has 3 aromatic rings. The van der Waals surface area contributed by atoms with Crippen molar-refractivity contribution in [3.63, 3.8) is 0 Å². The standard InChI is InChI=1S/C21H18ClNO2/c1-15-6-10-18(11-7-15)25-19-12-8-16(9-13-19)21(24)23-14-17-4-2-3-5-20(17)22/h2-13H,14H2,1H3,(H,23,24). The van der Waals surface area contributed by atoms with E-state index in [9.17, 15) is 4.79 Å². The number of nitrogens with one attached hydrogen (secondary N) is 1. The zero-order valence-electron chi connectivity index (χ0n) is 13.8. The summed E-state index contributed by atoms with van der Waals surface area (Å²) >= 11 is 6.09. The van der Waals surface area contributed by atoms with E-state index in [1.807, 2.05) is 49.4 Å². The molecule has 0 aliphatic carbocycles. The largest absolute Gasteiger partial charge is 0.457 e. The van der Waals surface area contributed by atoms with Crippen LogP contribution < -0.4 is 10.1 Å². The average Bonchev–Trinajstić information content (AvgIpc) is 2.63. The molecule has 0 bridgehead atoms. The Hall–Kier alpha value is -2.78. The van der Waals surface area contributed by atoms with Gasteiger partial charge in [-0.25, -0.2) is 0 Å². The monoisotopic (exact) mass is 351 g/mol. The Kier molecular flexibility index (Phi) is 5.36. The van der Waals surface area contributed by atoms with Crippen LogP contribution in [-0.2, 0) is 6.54 Å². The Morgan fingerprint density at radius 1 is 0.920 bits per heavy atom. The summed E-state index contributed by atoms with van der Waals surface area (Å²) in [7, 11) is 0. The summed E-state index contributed by atoms with van der Waals surface area (Å²) in [5.74, 6) is 1.30. The van der Waals surface area contributed by atoms with Crippen LogP contribution in [-0.4, -0.2) is 5.91 Å². The van der Waals surface area contributed by atoms with Crippen LogP contribution in [0.15, 0.2) is 72.8 Å². The van der Waals surface area contributed by atoms with Crippen molar-refractivity contribution < 1.29 is 9.53 Å². The van der Waals surface area contributed by atoms with Crippen LogP contribution in [0.25, 0.3) is 0 Å². The van der Waals surface area contributed by atoms with Crippen molar-refractivity contribution in [3.8, 4) is 11.5 Å². The molecule has 0 unspecified atom stereocenters. The van der Waals surface area contributed by atoms with Gasteiger partial charge in [-0.15, -0.1) is 0 Å². The summed E-state index contributed by atoms with van der Waals surface area (Å²) in [6.07, 6.45) is 0. The molecule has 0 fully saturated rings. The van der Waals surface area contributed by atoms with Crippen LogP contribution in [0.2, 0.25) is 5.02 Å². The minimum absolute atomic E-state index is 0.151. The summed E-state index contributed by atoms with van der Waals surface area (Å²) in [6.45, 7) is 2.42. The Balaban J connectivity index is 1.60. The van der Waals surface area contributed by atoms with Gasteiger partial charge in [0, 0.05) is 17.1 Å². The van der Waals surface area contributed by atoms with E-state index in [1.54, 1.807) is 30.3 Å². The maximum Gasteiger partial charge on any atom is 0.251 e. The Morgan fingerprint density at radius 2 is 1.52 bits per heavy atom. The van der Waals surface area contributed by atoms with E-state index in [0.717, 1.165) is 11.3 Å². The average molecular weight is 352 g/mol. The lowest BCUT2D eigenvalue weighted by atomic mass is 10.2. The van der Waals surface area contributed by atoms with Crippen LogP contribution in [0.5, 0.6) is 11.5 Å². The number of hydrogen-bond donors (Lipinski definition) is 1. The van der Waals surface area contributed by atoms with Gasteiger partial charge in [-0.05, 0) is 55.0 Å². The molecule has 0 aromatic heterocycles. The van der Waals surface area contributed by atoms with Crippen molar-refractivity contribution in [2.24, 2.45) is 0 Å². The van der Waals surface area contributed by atoms with Crippen molar-refractivity contribution in [2.45, 2.75) is 13.5 Å². The van der Waals surface area contributed by atoms with E-state index in [1.165, 1.54) is 5.56 Å². The van der Waals surface area contributed by atoms with Crippen LogP contribution >= 0.6 is 11.6 Å². The normalized spacial score (nSPS) is 10.3. The smallest absolute Gasteiger partial charge is 0.251 e. The van der Waals surface area contributed by atoms with Gasteiger partial charge in [0.05, 0.1) is 0 Å². The zero-order valence-corrected chi connectivity index (χ0v) is 14.6. The van der Waals surface area contributed by atoms with Gasteiger partial charge in [-0.2, -0.15) is 0 Å². The molecule has 0 aliphatic rings. The van der Waals surface area contributed by atoms with Crippen LogP contribution in [0.4, 0.5) is 0 Å². The number of amides is 1. The summed E-state index contributed by atoms with van der Waals surface area (Å²) in [4.78, 5) is 12.2. The van der Waals surface area contributed by atoms with Gasteiger partial charge in [-0.1, -0.05) is 47.5 Å². The molecule has 1 amide bonds. The SMILES string of the molecule is Cc1ccc(Oc2ccc(C(=O)NCc3ccccc3Cl)cc2)cc1. The lowest BCUT2D eigenvalue weighted by molar-refractivity contribution is 0.0951. The van der Waals surface area contributed by atoms with Crippen molar-refractivity contribution in [3.05, 3.63) is 94.5 Å². The van der Waals surface area contributed by atoms with Crippen LogP contribution in [0.1, 0.15) is 21.5 Å². The number of carbonyl (C=O) groups is 1. The maximum atomic E-state index is 12.2. The van der Waals surface area contributed by atoms with Gasteiger partial charge in [-0.3, -0.25) is 4.79 Å². The predicted octanol–water partition coefficient (Wildman–Crippen LogP) is 5.37. The number of aryl methyl sites for hydroxylation is 1. The minimum Gasteiger partial charge on any atom is -0.457 e. The quantitative estimate of drug-likeness (QED) is 0.671. The van der Waals surface area contributed by atoms with Gasteiger partial charge in [0.1, 0.15) is 11.5 Å². The molecule has 126 valence electrons. The second-order valence-corrected chi connectivity index (χ2v) is 6.12. The predicted molar refractivity (Wildman–Crippen MR) is 100 cm³/mol. The van der Waals surface area contributed by atoms with Crippen LogP contribution in [0.3, 0.4) is 0 Å². The third kappa shape index (κ3) is 4.61. The summed E-state index contributed by atoms with van der Waals surface area (Å²) in [5.41, 5.74) is 2.64. The fourth-order valence-electron chi connectivity index (χ4n) is 2.34. The number of carbonyl (C=O) groups excluding carboxylic acids is 1. The third-order valence-corrected chi connectivity index (χ3v) is 4.14. The highest BCUT2D eigenvalue weighted by Gasteiger charge is 2.07. The van der Waals surface area contributed by atoms with Gasteiger partial charge in [0.25, 0.3) is 5.91 Å². The number of ether oxygens (including phenoxy) is 1. The molecule has 0 saturated carbocycles. The molecule has 3 rings (SSSR count). The first-order valence-electron chi connectivity index (χ1n) is 7.98. The molecule has 0 heterocycles. The summed E-state index contributed by atoms with van der Waals surface area (Å²) in [6, 6.07) is 22.3.